The molecular formula is C12H18BN2O7S-. The molecule has 2 N–H and O–H groups in total. The predicted octanol–water partition coefficient (Wildman–Crippen LogP) is -0.869. The van der Waals surface area contributed by atoms with E-state index in [0.29, 0.717) is 0 Å². The van der Waals surface area contributed by atoms with E-state index in [9.17, 15) is 23.3 Å². The molecule has 0 fully saturated rings. The molecule has 1 aromatic heterocycles. The summed E-state index contributed by atoms with van der Waals surface area (Å²) in [6.07, 6.45) is 2.46. The molecule has 1 aliphatic rings. The van der Waals surface area contributed by atoms with E-state index < -0.39 is 27.4 Å². The van der Waals surface area contributed by atoms with Crippen LogP contribution in [0.1, 0.15) is 18.9 Å². The van der Waals surface area contributed by atoms with Crippen LogP contribution < -0.4 is 5.56 Å². The SMILES string of the molecule is Cc1ccn(CCC(C)(C2=NO[B-](O)(O)O2)S(C)(=O)=O)c(=O)c1. The molecule has 0 aromatic carbocycles. The van der Waals surface area contributed by atoms with Gasteiger partial charge in [-0.2, -0.15) is 0 Å². The molecule has 0 bridgehead atoms. The number of aryl methyl sites for hydroxylation is 2. The van der Waals surface area contributed by atoms with Crippen molar-refractivity contribution in [2.24, 2.45) is 5.16 Å². The summed E-state index contributed by atoms with van der Waals surface area (Å²) in [4.78, 5) is 11.9. The first-order chi connectivity index (χ1) is 10.4. The fraction of sp³-hybridized carbons (Fsp3) is 0.500. The van der Waals surface area contributed by atoms with Crippen LogP contribution in [-0.2, 0) is 25.8 Å². The zero-order valence-electron chi connectivity index (χ0n) is 13.0. The Morgan fingerprint density at radius 3 is 2.57 bits per heavy atom. The van der Waals surface area contributed by atoms with E-state index in [2.05, 4.69) is 9.91 Å². The number of aromatic nitrogens is 1. The molecule has 0 aliphatic carbocycles. The normalized spacial score (nSPS) is 19.4. The molecule has 1 unspecified atom stereocenters. The molecule has 1 atom stereocenters. The molecule has 0 spiro atoms. The van der Waals surface area contributed by atoms with Gasteiger partial charge in [0.2, 0.25) is 0 Å². The van der Waals surface area contributed by atoms with Gasteiger partial charge in [-0.05, 0) is 31.9 Å². The third-order valence-electron chi connectivity index (χ3n) is 3.79. The zero-order chi connectivity index (χ0) is 17.5. The number of oxime groups is 1. The van der Waals surface area contributed by atoms with E-state index in [0.717, 1.165) is 11.8 Å². The average molecular weight is 345 g/mol. The summed E-state index contributed by atoms with van der Waals surface area (Å²) in [6, 6.07) is 3.15. The molecule has 2 rings (SSSR count). The number of nitrogens with zero attached hydrogens (tertiary/aromatic N) is 2. The van der Waals surface area contributed by atoms with Crippen molar-refractivity contribution in [1.29, 1.82) is 0 Å². The number of rotatable bonds is 5. The summed E-state index contributed by atoms with van der Waals surface area (Å²) in [5.74, 6) is -0.454. The maximum absolute atomic E-state index is 12.2. The van der Waals surface area contributed by atoms with E-state index in [1.165, 1.54) is 17.6 Å². The summed E-state index contributed by atoms with van der Waals surface area (Å²) in [7, 11) is -3.75. The lowest BCUT2D eigenvalue weighted by Crippen LogP contribution is -2.48. The second-order valence-corrected chi connectivity index (χ2v) is 8.19. The number of hydrogen-bond donors (Lipinski definition) is 2. The van der Waals surface area contributed by atoms with Gasteiger partial charge in [-0.15, -0.1) is 0 Å². The van der Waals surface area contributed by atoms with E-state index in [1.807, 2.05) is 0 Å². The summed E-state index contributed by atoms with van der Waals surface area (Å²) in [5.41, 5.74) is 0.524. The molecule has 23 heavy (non-hydrogen) atoms. The third-order valence-corrected chi connectivity index (χ3v) is 5.81. The van der Waals surface area contributed by atoms with Gasteiger partial charge < -0.3 is 24.0 Å². The Labute approximate surface area is 133 Å². The predicted molar refractivity (Wildman–Crippen MR) is 83.1 cm³/mol. The van der Waals surface area contributed by atoms with Gasteiger partial charge in [-0.3, -0.25) is 4.79 Å². The minimum atomic E-state index is -3.75. The lowest BCUT2D eigenvalue weighted by Gasteiger charge is -2.30. The van der Waals surface area contributed by atoms with Crippen LogP contribution in [-0.4, -0.2) is 46.9 Å². The first-order valence-electron chi connectivity index (χ1n) is 6.85. The highest BCUT2D eigenvalue weighted by Gasteiger charge is 2.48. The molecule has 1 aliphatic heterocycles. The van der Waals surface area contributed by atoms with Crippen LogP contribution >= 0.6 is 0 Å². The molecule has 0 amide bonds. The average Bonchev–Trinajstić information content (AvgIpc) is 2.77. The van der Waals surface area contributed by atoms with E-state index in [1.54, 1.807) is 19.2 Å². The van der Waals surface area contributed by atoms with Crippen molar-refractivity contribution in [3.05, 3.63) is 34.2 Å². The second kappa shape index (κ2) is 5.66. The van der Waals surface area contributed by atoms with Crippen LogP contribution in [0.15, 0.2) is 28.3 Å². The Morgan fingerprint density at radius 2 is 2.09 bits per heavy atom. The van der Waals surface area contributed by atoms with Gasteiger partial charge in [0.05, 0.1) is 0 Å². The number of pyridine rings is 1. The molecule has 0 saturated carbocycles. The minimum absolute atomic E-state index is 0.0663. The second-order valence-electron chi connectivity index (χ2n) is 5.74. The quantitative estimate of drug-likeness (QED) is 0.664. The van der Waals surface area contributed by atoms with Crippen LogP contribution in [0.25, 0.3) is 0 Å². The standard InChI is InChI=1S/C12H18BN2O7S/c1-9-4-6-15(10(16)8-9)7-5-12(2,23(3,19)20)11-14-22-13(17,18)21-11/h4,6,8,17-18H,5,7H2,1-3H3/q-1. The van der Waals surface area contributed by atoms with Gasteiger partial charge in [0.25, 0.3) is 5.56 Å². The van der Waals surface area contributed by atoms with Crippen LogP contribution in [0.4, 0.5) is 0 Å². The topological polar surface area (TPSA) is 127 Å². The monoisotopic (exact) mass is 345 g/mol. The smallest absolute Gasteiger partial charge is 0.620 e. The Hall–Kier alpha value is -1.85. The Bertz CT molecular complexity index is 802. The van der Waals surface area contributed by atoms with Gasteiger partial charge in [0.15, 0.2) is 15.7 Å². The van der Waals surface area contributed by atoms with Crippen LogP contribution in [0.2, 0.25) is 0 Å². The Kier molecular flexibility index (Phi) is 4.31. The van der Waals surface area contributed by atoms with Crippen molar-refractivity contribution in [3.63, 3.8) is 0 Å². The van der Waals surface area contributed by atoms with Crippen molar-refractivity contribution < 1.29 is 27.9 Å². The maximum Gasteiger partial charge on any atom is 0.668 e. The van der Waals surface area contributed by atoms with Crippen molar-refractivity contribution in [3.8, 4) is 0 Å². The highest BCUT2D eigenvalue weighted by atomic mass is 32.2. The first kappa shape index (κ1) is 17.5. The van der Waals surface area contributed by atoms with Gasteiger partial charge in [0, 0.05) is 25.1 Å². The largest absolute Gasteiger partial charge is 0.668 e. The van der Waals surface area contributed by atoms with E-state index in [-0.39, 0.29) is 18.5 Å². The fourth-order valence-corrected chi connectivity index (χ4v) is 2.97. The van der Waals surface area contributed by atoms with Crippen molar-refractivity contribution in [2.75, 3.05) is 6.26 Å². The van der Waals surface area contributed by atoms with E-state index in [4.69, 9.17) is 4.65 Å². The van der Waals surface area contributed by atoms with Gasteiger partial charge in [-0.1, -0.05) is 5.16 Å². The highest BCUT2D eigenvalue weighted by Crippen LogP contribution is 2.28. The van der Waals surface area contributed by atoms with Crippen LogP contribution in [0, 0.1) is 6.92 Å². The fourth-order valence-electron chi connectivity index (χ4n) is 2.10. The van der Waals surface area contributed by atoms with Gasteiger partial charge in [0.1, 0.15) is 4.75 Å². The van der Waals surface area contributed by atoms with Crippen LogP contribution in [0.3, 0.4) is 0 Å². The van der Waals surface area contributed by atoms with Crippen molar-refractivity contribution in [1.82, 2.24) is 4.57 Å². The lowest BCUT2D eigenvalue weighted by atomic mass is 10.0. The summed E-state index contributed by atoms with van der Waals surface area (Å²) in [6.45, 7) is -0.489. The molecular weight excluding hydrogens is 327 g/mol. The van der Waals surface area contributed by atoms with Crippen molar-refractivity contribution in [2.45, 2.75) is 31.6 Å². The summed E-state index contributed by atoms with van der Waals surface area (Å²) >= 11 is 0. The maximum atomic E-state index is 12.2. The van der Waals surface area contributed by atoms with Gasteiger partial charge in [-0.25, -0.2) is 8.42 Å². The number of hydrogen-bond acceptors (Lipinski definition) is 8. The van der Waals surface area contributed by atoms with Crippen molar-refractivity contribution >= 4 is 22.7 Å². The molecule has 11 heteroatoms. The molecule has 0 radical (unpaired) electrons. The molecule has 9 nitrogen and oxygen atoms in total. The zero-order valence-corrected chi connectivity index (χ0v) is 13.8. The molecule has 128 valence electrons. The van der Waals surface area contributed by atoms with E-state index >= 15 is 0 Å². The first-order valence-corrected chi connectivity index (χ1v) is 8.74. The molecule has 2 heterocycles. The summed E-state index contributed by atoms with van der Waals surface area (Å²) < 4.78 is 33.0. The third kappa shape index (κ3) is 3.57. The number of sulfone groups is 1. The van der Waals surface area contributed by atoms with Gasteiger partial charge >= 0.3 is 6.96 Å². The Morgan fingerprint density at radius 1 is 1.43 bits per heavy atom. The molecule has 0 saturated heterocycles. The lowest BCUT2D eigenvalue weighted by molar-refractivity contribution is 0.102. The molecule has 1 aromatic rings. The highest BCUT2D eigenvalue weighted by molar-refractivity contribution is 7.92. The Balaban J connectivity index is 2.29. The van der Waals surface area contributed by atoms with Crippen LogP contribution in [0.5, 0.6) is 0 Å². The summed E-state index contributed by atoms with van der Waals surface area (Å²) in [5, 5.41) is 21.9. The minimum Gasteiger partial charge on any atom is -0.620 e.